The van der Waals surface area contributed by atoms with Crippen LogP contribution in [-0.2, 0) is 9.59 Å². The molecule has 21 heavy (non-hydrogen) atoms. The zero-order valence-electron chi connectivity index (χ0n) is 11.8. The van der Waals surface area contributed by atoms with Gasteiger partial charge in [0.1, 0.15) is 0 Å². The normalized spacial score (nSPS) is 47.9. The third-order valence-electron chi connectivity index (χ3n) is 6.34. The molecule has 4 N–H and O–H groups in total. The van der Waals surface area contributed by atoms with E-state index in [4.69, 9.17) is 0 Å². The van der Waals surface area contributed by atoms with Crippen LogP contribution in [0, 0.1) is 28.6 Å². The lowest BCUT2D eigenvalue weighted by molar-refractivity contribution is -0.150. The van der Waals surface area contributed by atoms with Crippen molar-refractivity contribution >= 4 is 11.9 Å². The van der Waals surface area contributed by atoms with E-state index in [2.05, 4.69) is 0 Å². The van der Waals surface area contributed by atoms with Gasteiger partial charge in [-0.1, -0.05) is 6.92 Å². The fourth-order valence-corrected chi connectivity index (χ4v) is 5.41. The quantitative estimate of drug-likeness (QED) is 0.602. The highest BCUT2D eigenvalue weighted by Crippen LogP contribution is 2.71. The van der Waals surface area contributed by atoms with E-state index in [1.807, 2.05) is 6.92 Å². The summed E-state index contributed by atoms with van der Waals surface area (Å²) in [6.45, 7) is 1.62. The fraction of sp³-hybridized carbons (Fsp3) is 0.733. The molecule has 0 heterocycles. The molecule has 0 amide bonds. The number of aliphatic hydroxyl groups excluding tert-OH is 2. The molecule has 0 saturated heterocycles. The average molecular weight is 296 g/mol. The molecule has 3 aliphatic rings. The first-order valence-corrected chi connectivity index (χ1v) is 7.25. The first-order chi connectivity index (χ1) is 9.79. The molecule has 3 rings (SSSR count). The van der Waals surface area contributed by atoms with Gasteiger partial charge in [0.25, 0.3) is 0 Å². The monoisotopic (exact) mass is 296 g/mol. The Bertz CT molecular complexity index is 540. The van der Waals surface area contributed by atoms with Crippen LogP contribution in [0.4, 0.5) is 0 Å². The lowest BCUT2D eigenvalue weighted by atomic mass is 9.65. The summed E-state index contributed by atoms with van der Waals surface area (Å²) in [7, 11) is 0. The van der Waals surface area contributed by atoms with E-state index in [0.29, 0.717) is 19.3 Å². The summed E-state index contributed by atoms with van der Waals surface area (Å²) in [5, 5.41) is 39.3. The smallest absolute Gasteiger partial charge is 0.331 e. The highest BCUT2D eigenvalue weighted by Gasteiger charge is 2.71. The van der Waals surface area contributed by atoms with E-state index in [9.17, 15) is 30.0 Å². The molecule has 1 spiro atoms. The molecule has 0 aromatic heterocycles. The maximum atomic E-state index is 11.6. The second-order valence-electron chi connectivity index (χ2n) is 6.93. The molecule has 2 fully saturated rings. The van der Waals surface area contributed by atoms with E-state index in [-0.39, 0.29) is 18.1 Å². The zero-order chi connectivity index (χ0) is 15.6. The van der Waals surface area contributed by atoms with E-state index < -0.39 is 40.7 Å². The van der Waals surface area contributed by atoms with Crippen LogP contribution in [0.2, 0.25) is 0 Å². The highest BCUT2D eigenvalue weighted by atomic mass is 16.4. The van der Waals surface area contributed by atoms with Crippen LogP contribution in [0.1, 0.15) is 26.2 Å². The van der Waals surface area contributed by atoms with Gasteiger partial charge >= 0.3 is 11.9 Å². The molecule has 0 radical (unpaired) electrons. The summed E-state index contributed by atoms with van der Waals surface area (Å²) in [4.78, 5) is 23.0. The van der Waals surface area contributed by atoms with E-state index in [1.54, 1.807) is 0 Å². The fourth-order valence-electron chi connectivity index (χ4n) is 5.41. The maximum absolute atomic E-state index is 11.6. The summed E-state index contributed by atoms with van der Waals surface area (Å²) in [6, 6.07) is 0. The van der Waals surface area contributed by atoms with Crippen LogP contribution in [-0.4, -0.2) is 45.1 Å². The van der Waals surface area contributed by atoms with Gasteiger partial charge < -0.3 is 20.4 Å². The summed E-state index contributed by atoms with van der Waals surface area (Å²) in [5.41, 5.74) is -1.41. The topological polar surface area (TPSA) is 115 Å². The molecule has 2 saturated carbocycles. The SMILES string of the molecule is CC1(CO)C2CC3(C1CC[C@H]3C(=O)O)[C@@H](O)C=C2C(=O)O. The average Bonchev–Trinajstić information content (AvgIpc) is 2.89. The number of aliphatic hydroxyl groups is 2. The van der Waals surface area contributed by atoms with Gasteiger partial charge in [-0.25, -0.2) is 4.79 Å². The zero-order valence-corrected chi connectivity index (χ0v) is 11.8. The number of aliphatic carboxylic acids is 2. The Morgan fingerprint density at radius 2 is 2.00 bits per heavy atom. The van der Waals surface area contributed by atoms with Gasteiger partial charge in [0.05, 0.1) is 12.0 Å². The Hall–Kier alpha value is -1.40. The van der Waals surface area contributed by atoms with Crippen molar-refractivity contribution in [3.8, 4) is 0 Å². The van der Waals surface area contributed by atoms with Crippen molar-refractivity contribution < 1.29 is 30.0 Å². The van der Waals surface area contributed by atoms with Gasteiger partial charge in [0.2, 0.25) is 0 Å². The molecular formula is C15H20O6. The Morgan fingerprint density at radius 3 is 2.52 bits per heavy atom. The first kappa shape index (κ1) is 14.5. The van der Waals surface area contributed by atoms with Crippen molar-refractivity contribution in [1.82, 2.24) is 0 Å². The minimum atomic E-state index is -1.10. The van der Waals surface area contributed by atoms with Crippen molar-refractivity contribution in [2.24, 2.45) is 28.6 Å². The van der Waals surface area contributed by atoms with Gasteiger partial charge in [-0.2, -0.15) is 0 Å². The van der Waals surface area contributed by atoms with Crippen molar-refractivity contribution in [2.75, 3.05) is 6.61 Å². The molecular weight excluding hydrogens is 276 g/mol. The van der Waals surface area contributed by atoms with Crippen molar-refractivity contribution in [1.29, 1.82) is 0 Å². The molecule has 0 aliphatic heterocycles. The predicted molar refractivity (Wildman–Crippen MR) is 71.3 cm³/mol. The van der Waals surface area contributed by atoms with Gasteiger partial charge in [-0.05, 0) is 37.2 Å². The Kier molecular flexibility index (Phi) is 2.98. The first-order valence-electron chi connectivity index (χ1n) is 7.25. The van der Waals surface area contributed by atoms with Crippen LogP contribution in [0.5, 0.6) is 0 Å². The summed E-state index contributed by atoms with van der Waals surface area (Å²) in [6.07, 6.45) is 1.62. The molecule has 6 atom stereocenters. The van der Waals surface area contributed by atoms with Crippen LogP contribution < -0.4 is 0 Å². The second kappa shape index (κ2) is 4.30. The number of carbonyl (C=O) groups is 2. The van der Waals surface area contributed by atoms with Crippen LogP contribution in [0.25, 0.3) is 0 Å². The number of fused-ring (bicyclic) bond motifs is 1. The standard InChI is InChI=1S/C15H20O6/c1-14(6-16)9-5-15(11(17)4-7(9)12(18)19)8(13(20)21)2-3-10(14)15/h4,8-11,16-17H,2-3,5-6H2,1H3,(H,18,19)(H,20,21)/t8-,9?,10?,11-,14?,15?/m0/s1. The third kappa shape index (κ3) is 1.54. The summed E-state index contributed by atoms with van der Waals surface area (Å²) >= 11 is 0. The number of carboxylic acids is 2. The molecule has 3 aliphatic carbocycles. The minimum absolute atomic E-state index is 0.114. The van der Waals surface area contributed by atoms with Gasteiger partial charge in [0, 0.05) is 23.0 Å². The van der Waals surface area contributed by atoms with E-state index >= 15 is 0 Å². The van der Waals surface area contributed by atoms with Crippen LogP contribution in [0.3, 0.4) is 0 Å². The van der Waals surface area contributed by atoms with Gasteiger partial charge in [-0.15, -0.1) is 0 Å². The van der Waals surface area contributed by atoms with E-state index in [1.165, 1.54) is 6.08 Å². The molecule has 4 unspecified atom stereocenters. The number of carboxylic acid groups (broad SMARTS) is 2. The second-order valence-corrected chi connectivity index (χ2v) is 6.93. The van der Waals surface area contributed by atoms with E-state index in [0.717, 1.165) is 0 Å². The minimum Gasteiger partial charge on any atom is -0.481 e. The number of rotatable bonds is 3. The molecule has 116 valence electrons. The van der Waals surface area contributed by atoms with Crippen LogP contribution >= 0.6 is 0 Å². The van der Waals surface area contributed by atoms with Crippen molar-refractivity contribution in [3.63, 3.8) is 0 Å². The van der Waals surface area contributed by atoms with Gasteiger partial charge in [0.15, 0.2) is 0 Å². The summed E-state index contributed by atoms with van der Waals surface area (Å²) in [5.74, 6) is -3.30. The summed E-state index contributed by atoms with van der Waals surface area (Å²) < 4.78 is 0. The predicted octanol–water partition coefficient (Wildman–Crippen LogP) is 0.488. The third-order valence-corrected chi connectivity index (χ3v) is 6.34. The Morgan fingerprint density at radius 1 is 1.33 bits per heavy atom. The lowest BCUT2D eigenvalue weighted by Gasteiger charge is -2.40. The Labute approximate surface area is 122 Å². The van der Waals surface area contributed by atoms with Crippen LogP contribution in [0.15, 0.2) is 11.6 Å². The van der Waals surface area contributed by atoms with Crippen molar-refractivity contribution in [3.05, 3.63) is 11.6 Å². The highest BCUT2D eigenvalue weighted by molar-refractivity contribution is 5.88. The number of hydrogen-bond acceptors (Lipinski definition) is 4. The molecule has 6 nitrogen and oxygen atoms in total. The largest absolute Gasteiger partial charge is 0.481 e. The number of hydrogen-bond donors (Lipinski definition) is 4. The lowest BCUT2D eigenvalue weighted by Crippen LogP contribution is -2.45. The molecule has 2 bridgehead atoms. The molecule has 0 aromatic carbocycles. The maximum Gasteiger partial charge on any atom is 0.331 e. The van der Waals surface area contributed by atoms with Gasteiger partial charge in [-0.3, -0.25) is 4.79 Å². The molecule has 6 heteroatoms. The van der Waals surface area contributed by atoms with Crippen molar-refractivity contribution in [2.45, 2.75) is 32.3 Å². The Balaban J connectivity index is 2.17. The molecule has 0 aromatic rings.